The van der Waals surface area contributed by atoms with Gasteiger partial charge in [0.05, 0.1) is 49.1 Å². The zero-order chi connectivity index (χ0) is 19.9. The Hall–Kier alpha value is -2.24. The van der Waals surface area contributed by atoms with Crippen LogP contribution in [0.3, 0.4) is 0 Å². The summed E-state index contributed by atoms with van der Waals surface area (Å²) in [6.45, 7) is 9.42. The number of halogens is 1. The summed E-state index contributed by atoms with van der Waals surface area (Å²) < 4.78 is 5.62. The number of anilines is 2. The van der Waals surface area contributed by atoms with Gasteiger partial charge in [0.15, 0.2) is 6.61 Å². The van der Waals surface area contributed by atoms with Crippen molar-refractivity contribution >= 4 is 28.9 Å². The lowest BCUT2D eigenvalue weighted by Crippen LogP contribution is -3.14. The molecule has 0 atom stereocenters. The van der Waals surface area contributed by atoms with E-state index in [9.17, 15) is 4.79 Å². The predicted molar refractivity (Wildman–Crippen MR) is 115 cm³/mol. The van der Waals surface area contributed by atoms with Gasteiger partial charge in [-0.2, -0.15) is 0 Å². The SMILES string of the molecule is CCc1ccc(OCC(=O)Nc2cccc(Cl)c2N2CC[NH+](CC)CC2)cc1. The van der Waals surface area contributed by atoms with Crippen LogP contribution in [0.2, 0.25) is 5.02 Å². The van der Waals surface area contributed by atoms with Gasteiger partial charge in [0, 0.05) is 0 Å². The van der Waals surface area contributed by atoms with Crippen LogP contribution in [0.25, 0.3) is 0 Å². The van der Waals surface area contributed by atoms with Gasteiger partial charge in [-0.05, 0) is 43.2 Å². The number of para-hydroxylation sites is 1. The van der Waals surface area contributed by atoms with Crippen molar-refractivity contribution in [2.45, 2.75) is 20.3 Å². The Morgan fingerprint density at radius 2 is 1.86 bits per heavy atom. The molecule has 2 aromatic rings. The Bertz CT molecular complexity index is 787. The monoisotopic (exact) mass is 402 g/mol. The van der Waals surface area contributed by atoms with Gasteiger partial charge < -0.3 is 19.9 Å². The molecular formula is C22H29ClN3O2+. The number of carbonyl (C=O) groups excluding carboxylic acids is 1. The number of carbonyl (C=O) groups is 1. The molecule has 0 unspecified atom stereocenters. The summed E-state index contributed by atoms with van der Waals surface area (Å²) in [6.07, 6.45) is 0.978. The van der Waals surface area contributed by atoms with Crippen LogP contribution in [0, 0.1) is 0 Å². The molecule has 0 spiro atoms. The lowest BCUT2D eigenvalue weighted by Gasteiger charge is -2.34. The largest absolute Gasteiger partial charge is 0.484 e. The molecule has 1 aliphatic heterocycles. The number of rotatable bonds is 7. The van der Waals surface area contributed by atoms with Crippen LogP contribution in [0.5, 0.6) is 5.75 Å². The van der Waals surface area contributed by atoms with Crippen molar-refractivity contribution in [1.82, 2.24) is 0 Å². The second-order valence-corrected chi connectivity index (χ2v) is 7.47. The number of ether oxygens (including phenoxy) is 1. The van der Waals surface area contributed by atoms with Crippen molar-refractivity contribution in [2.24, 2.45) is 0 Å². The molecule has 1 heterocycles. The van der Waals surface area contributed by atoms with Crippen molar-refractivity contribution in [2.75, 3.05) is 49.5 Å². The molecular weight excluding hydrogens is 374 g/mol. The lowest BCUT2D eigenvalue weighted by atomic mass is 10.2. The highest BCUT2D eigenvalue weighted by molar-refractivity contribution is 6.34. The summed E-state index contributed by atoms with van der Waals surface area (Å²) in [5.41, 5.74) is 2.88. The van der Waals surface area contributed by atoms with Gasteiger partial charge in [0.1, 0.15) is 5.75 Å². The van der Waals surface area contributed by atoms with Crippen molar-refractivity contribution in [1.29, 1.82) is 0 Å². The highest BCUT2D eigenvalue weighted by Crippen LogP contribution is 2.34. The number of amides is 1. The highest BCUT2D eigenvalue weighted by atomic mass is 35.5. The number of benzene rings is 2. The van der Waals surface area contributed by atoms with Gasteiger partial charge in [-0.1, -0.05) is 36.7 Å². The molecule has 0 radical (unpaired) electrons. The topological polar surface area (TPSA) is 46.0 Å². The van der Waals surface area contributed by atoms with Crippen LogP contribution >= 0.6 is 11.6 Å². The number of piperazine rings is 1. The Kier molecular flexibility index (Phi) is 7.18. The summed E-state index contributed by atoms with van der Waals surface area (Å²) in [5.74, 6) is 0.498. The van der Waals surface area contributed by atoms with Crippen LogP contribution in [-0.4, -0.2) is 45.2 Å². The molecule has 1 amide bonds. The Balaban J connectivity index is 1.63. The number of nitrogens with one attached hydrogen (secondary N) is 2. The van der Waals surface area contributed by atoms with E-state index in [1.807, 2.05) is 42.5 Å². The van der Waals surface area contributed by atoms with Crippen molar-refractivity contribution < 1.29 is 14.4 Å². The maximum absolute atomic E-state index is 12.5. The summed E-state index contributed by atoms with van der Waals surface area (Å²) in [7, 11) is 0. The van der Waals surface area contributed by atoms with E-state index in [1.165, 1.54) is 5.56 Å². The number of hydrogen-bond donors (Lipinski definition) is 2. The van der Waals surface area contributed by atoms with Gasteiger partial charge in [-0.3, -0.25) is 4.79 Å². The number of nitrogens with zero attached hydrogens (tertiary/aromatic N) is 1. The van der Waals surface area contributed by atoms with Crippen LogP contribution in [0.1, 0.15) is 19.4 Å². The summed E-state index contributed by atoms with van der Waals surface area (Å²) in [5, 5.41) is 3.63. The highest BCUT2D eigenvalue weighted by Gasteiger charge is 2.23. The van der Waals surface area contributed by atoms with E-state index in [4.69, 9.17) is 16.3 Å². The molecule has 0 bridgehead atoms. The van der Waals surface area contributed by atoms with E-state index < -0.39 is 0 Å². The predicted octanol–water partition coefficient (Wildman–Crippen LogP) is 2.64. The van der Waals surface area contributed by atoms with Crippen molar-refractivity contribution in [3.05, 3.63) is 53.1 Å². The first kappa shape index (κ1) is 20.5. The fraction of sp³-hybridized carbons (Fsp3) is 0.409. The molecule has 1 aliphatic rings. The average Bonchev–Trinajstić information content (AvgIpc) is 2.73. The zero-order valence-corrected chi connectivity index (χ0v) is 17.4. The molecule has 0 aromatic heterocycles. The molecule has 150 valence electrons. The lowest BCUT2D eigenvalue weighted by molar-refractivity contribution is -0.898. The number of aryl methyl sites for hydroxylation is 1. The summed E-state index contributed by atoms with van der Waals surface area (Å²) in [4.78, 5) is 16.3. The quantitative estimate of drug-likeness (QED) is 0.748. The second kappa shape index (κ2) is 9.80. The van der Waals surface area contributed by atoms with Gasteiger partial charge in [0.25, 0.3) is 5.91 Å². The van der Waals surface area contributed by atoms with Crippen LogP contribution in [-0.2, 0) is 11.2 Å². The molecule has 3 rings (SSSR count). The van der Waals surface area contributed by atoms with E-state index in [1.54, 1.807) is 4.90 Å². The van der Waals surface area contributed by atoms with E-state index >= 15 is 0 Å². The fourth-order valence-corrected chi connectivity index (χ4v) is 3.79. The molecule has 1 saturated heterocycles. The van der Waals surface area contributed by atoms with Crippen LogP contribution in [0.4, 0.5) is 11.4 Å². The van der Waals surface area contributed by atoms with E-state index in [-0.39, 0.29) is 12.5 Å². The minimum absolute atomic E-state index is 0.0365. The Morgan fingerprint density at radius 3 is 2.50 bits per heavy atom. The first-order valence-corrected chi connectivity index (χ1v) is 10.4. The molecule has 0 saturated carbocycles. The van der Waals surface area contributed by atoms with Crippen molar-refractivity contribution in [3.63, 3.8) is 0 Å². The average molecular weight is 403 g/mol. The maximum Gasteiger partial charge on any atom is 0.262 e. The van der Waals surface area contributed by atoms with Gasteiger partial charge in [-0.15, -0.1) is 0 Å². The first-order valence-electron chi connectivity index (χ1n) is 9.99. The zero-order valence-electron chi connectivity index (χ0n) is 16.6. The minimum atomic E-state index is -0.194. The Morgan fingerprint density at radius 1 is 1.14 bits per heavy atom. The fourth-order valence-electron chi connectivity index (χ4n) is 3.49. The minimum Gasteiger partial charge on any atom is -0.484 e. The van der Waals surface area contributed by atoms with E-state index in [0.717, 1.165) is 50.5 Å². The molecule has 28 heavy (non-hydrogen) atoms. The third kappa shape index (κ3) is 5.18. The smallest absolute Gasteiger partial charge is 0.262 e. The first-order chi connectivity index (χ1) is 13.6. The third-order valence-electron chi connectivity index (χ3n) is 5.25. The molecule has 2 N–H and O–H groups in total. The normalized spacial score (nSPS) is 14.8. The van der Waals surface area contributed by atoms with E-state index in [2.05, 4.69) is 24.1 Å². The number of quaternary nitrogens is 1. The van der Waals surface area contributed by atoms with Gasteiger partial charge in [0.2, 0.25) is 0 Å². The summed E-state index contributed by atoms with van der Waals surface area (Å²) in [6, 6.07) is 13.4. The van der Waals surface area contributed by atoms with E-state index in [0.29, 0.717) is 10.8 Å². The van der Waals surface area contributed by atoms with Crippen molar-refractivity contribution in [3.8, 4) is 5.75 Å². The molecule has 5 nitrogen and oxygen atoms in total. The maximum atomic E-state index is 12.5. The molecule has 1 fully saturated rings. The second-order valence-electron chi connectivity index (χ2n) is 7.06. The molecule has 0 aliphatic carbocycles. The standard InChI is InChI=1S/C22H28ClN3O2/c1-3-17-8-10-18(11-9-17)28-16-21(27)24-20-7-5-6-19(23)22(20)26-14-12-25(4-2)13-15-26/h5-11H,3-4,12-16H2,1-2H3,(H,24,27)/p+1. The number of hydrogen-bond acceptors (Lipinski definition) is 3. The number of likely N-dealkylation sites (N-methyl/N-ethyl adjacent to an activating group) is 1. The Labute approximate surface area is 172 Å². The summed E-state index contributed by atoms with van der Waals surface area (Å²) >= 11 is 6.49. The third-order valence-corrected chi connectivity index (χ3v) is 5.55. The van der Waals surface area contributed by atoms with Crippen LogP contribution < -0.4 is 19.9 Å². The van der Waals surface area contributed by atoms with Crippen LogP contribution in [0.15, 0.2) is 42.5 Å². The van der Waals surface area contributed by atoms with Gasteiger partial charge in [-0.25, -0.2) is 0 Å². The molecule has 2 aromatic carbocycles. The molecule has 6 heteroatoms. The van der Waals surface area contributed by atoms with Gasteiger partial charge >= 0.3 is 0 Å².